The molecule has 110 valence electrons. The van der Waals surface area contributed by atoms with Gasteiger partial charge in [0, 0.05) is 18.7 Å². The van der Waals surface area contributed by atoms with Crippen LogP contribution < -0.4 is 10.2 Å². The summed E-state index contributed by atoms with van der Waals surface area (Å²) >= 11 is 0. The predicted molar refractivity (Wildman–Crippen MR) is 83.8 cm³/mol. The molecule has 2 aromatic rings. The average molecular weight is 292 g/mol. The van der Waals surface area contributed by atoms with Gasteiger partial charge in [-0.2, -0.15) is 0 Å². The first-order valence-corrected chi connectivity index (χ1v) is 7.50. The SMILES string of the molecule is O=C(NCc1ccccc1)c1cc2c3c(c1)CC(=O)N3CC2. The van der Waals surface area contributed by atoms with Crippen LogP contribution in [0.4, 0.5) is 5.69 Å². The van der Waals surface area contributed by atoms with Gasteiger partial charge in [-0.1, -0.05) is 30.3 Å². The third kappa shape index (κ3) is 2.08. The van der Waals surface area contributed by atoms with Crippen LogP contribution in [-0.2, 0) is 24.2 Å². The van der Waals surface area contributed by atoms with Crippen LogP contribution in [0.2, 0.25) is 0 Å². The van der Waals surface area contributed by atoms with Gasteiger partial charge in [0.15, 0.2) is 0 Å². The highest BCUT2D eigenvalue weighted by Gasteiger charge is 2.34. The molecular formula is C18H16N2O2. The summed E-state index contributed by atoms with van der Waals surface area (Å²) in [7, 11) is 0. The Bertz CT molecular complexity index is 768. The minimum atomic E-state index is -0.0827. The van der Waals surface area contributed by atoms with Crippen LogP contribution in [0.5, 0.6) is 0 Å². The Morgan fingerprint density at radius 2 is 1.91 bits per heavy atom. The lowest BCUT2D eigenvalue weighted by molar-refractivity contribution is -0.117. The number of benzene rings is 2. The van der Waals surface area contributed by atoms with Gasteiger partial charge in [0.25, 0.3) is 5.91 Å². The maximum atomic E-state index is 12.4. The van der Waals surface area contributed by atoms with Crippen molar-refractivity contribution < 1.29 is 9.59 Å². The minimum Gasteiger partial charge on any atom is -0.348 e. The molecule has 4 rings (SSSR count). The topological polar surface area (TPSA) is 49.4 Å². The summed E-state index contributed by atoms with van der Waals surface area (Å²) in [5, 5.41) is 2.95. The van der Waals surface area contributed by atoms with E-state index in [-0.39, 0.29) is 11.8 Å². The number of hydrogen-bond acceptors (Lipinski definition) is 2. The van der Waals surface area contributed by atoms with Crippen LogP contribution in [0.15, 0.2) is 42.5 Å². The summed E-state index contributed by atoms with van der Waals surface area (Å²) in [5.41, 5.74) is 4.88. The van der Waals surface area contributed by atoms with Crippen LogP contribution in [0.25, 0.3) is 0 Å². The molecule has 0 fully saturated rings. The van der Waals surface area contributed by atoms with Crippen molar-refractivity contribution in [3.8, 4) is 0 Å². The third-order valence-electron chi connectivity index (χ3n) is 4.34. The zero-order valence-corrected chi connectivity index (χ0v) is 12.1. The highest BCUT2D eigenvalue weighted by molar-refractivity contribution is 6.05. The number of anilines is 1. The van der Waals surface area contributed by atoms with E-state index < -0.39 is 0 Å². The van der Waals surface area contributed by atoms with Gasteiger partial charge in [-0.3, -0.25) is 9.59 Å². The first-order chi connectivity index (χ1) is 10.7. The van der Waals surface area contributed by atoms with Crippen molar-refractivity contribution in [3.63, 3.8) is 0 Å². The quantitative estimate of drug-likeness (QED) is 0.941. The number of nitrogens with zero attached hydrogens (tertiary/aromatic N) is 1. The molecule has 0 bridgehead atoms. The molecule has 4 heteroatoms. The number of carbonyl (C=O) groups is 2. The van der Waals surface area contributed by atoms with Crippen molar-refractivity contribution in [2.75, 3.05) is 11.4 Å². The number of rotatable bonds is 3. The maximum Gasteiger partial charge on any atom is 0.251 e. The average Bonchev–Trinajstić information content (AvgIpc) is 3.11. The molecule has 0 unspecified atom stereocenters. The molecular weight excluding hydrogens is 276 g/mol. The first kappa shape index (κ1) is 13.1. The lowest BCUT2D eigenvalue weighted by Gasteiger charge is -2.10. The van der Waals surface area contributed by atoms with E-state index in [1.54, 1.807) is 0 Å². The van der Waals surface area contributed by atoms with E-state index in [9.17, 15) is 9.59 Å². The summed E-state index contributed by atoms with van der Waals surface area (Å²) < 4.78 is 0. The Balaban J connectivity index is 1.55. The van der Waals surface area contributed by atoms with Crippen molar-refractivity contribution in [1.82, 2.24) is 5.32 Å². The molecule has 22 heavy (non-hydrogen) atoms. The zero-order valence-electron chi connectivity index (χ0n) is 12.1. The molecule has 1 N–H and O–H groups in total. The highest BCUT2D eigenvalue weighted by atomic mass is 16.2. The molecule has 0 aromatic heterocycles. The van der Waals surface area contributed by atoms with Gasteiger partial charge in [-0.15, -0.1) is 0 Å². The molecule has 2 aliphatic heterocycles. The van der Waals surface area contributed by atoms with E-state index in [1.807, 2.05) is 47.4 Å². The van der Waals surface area contributed by atoms with E-state index >= 15 is 0 Å². The van der Waals surface area contributed by atoms with Gasteiger partial charge in [-0.05, 0) is 35.2 Å². The molecule has 0 spiro atoms. The lowest BCUT2D eigenvalue weighted by Crippen LogP contribution is -2.24. The van der Waals surface area contributed by atoms with Gasteiger partial charge in [0.2, 0.25) is 5.91 Å². The number of amides is 2. The second-order valence-corrected chi connectivity index (χ2v) is 5.78. The fourth-order valence-electron chi connectivity index (χ4n) is 3.30. The van der Waals surface area contributed by atoms with Crippen LogP contribution in [0.3, 0.4) is 0 Å². The molecule has 0 atom stereocenters. The van der Waals surface area contributed by atoms with E-state index in [0.717, 1.165) is 35.3 Å². The molecule has 2 amide bonds. The van der Waals surface area contributed by atoms with E-state index in [1.165, 1.54) is 0 Å². The zero-order chi connectivity index (χ0) is 15.1. The van der Waals surface area contributed by atoms with E-state index in [0.29, 0.717) is 18.5 Å². The normalized spacial score (nSPS) is 15.1. The molecule has 2 aromatic carbocycles. The van der Waals surface area contributed by atoms with Crippen LogP contribution in [0, 0.1) is 0 Å². The van der Waals surface area contributed by atoms with Gasteiger partial charge >= 0.3 is 0 Å². The monoisotopic (exact) mass is 292 g/mol. The van der Waals surface area contributed by atoms with Gasteiger partial charge in [0.1, 0.15) is 0 Å². The highest BCUT2D eigenvalue weighted by Crippen LogP contribution is 2.38. The summed E-state index contributed by atoms with van der Waals surface area (Å²) in [6.45, 7) is 1.26. The fourth-order valence-corrected chi connectivity index (χ4v) is 3.30. The Kier molecular flexibility index (Phi) is 2.96. The van der Waals surface area contributed by atoms with Crippen LogP contribution in [0.1, 0.15) is 27.0 Å². The minimum absolute atomic E-state index is 0.0827. The number of nitrogens with one attached hydrogen (secondary N) is 1. The summed E-state index contributed by atoms with van der Waals surface area (Å²) in [5.74, 6) is 0.0660. The molecule has 2 aliphatic rings. The third-order valence-corrected chi connectivity index (χ3v) is 4.34. The second kappa shape index (κ2) is 4.98. The smallest absolute Gasteiger partial charge is 0.251 e. The van der Waals surface area contributed by atoms with Crippen molar-refractivity contribution in [3.05, 3.63) is 64.7 Å². The van der Waals surface area contributed by atoms with E-state index in [2.05, 4.69) is 5.32 Å². The molecule has 0 saturated heterocycles. The first-order valence-electron chi connectivity index (χ1n) is 7.50. The summed E-state index contributed by atoms with van der Waals surface area (Å²) in [6, 6.07) is 13.6. The Morgan fingerprint density at radius 1 is 1.14 bits per heavy atom. The van der Waals surface area contributed by atoms with Crippen LogP contribution >= 0.6 is 0 Å². The van der Waals surface area contributed by atoms with Crippen LogP contribution in [-0.4, -0.2) is 18.4 Å². The standard InChI is InChI=1S/C18H16N2O2/c21-16-10-14-9-15(8-13-6-7-20(16)17(13)14)18(22)19-11-12-4-2-1-3-5-12/h1-5,8-9H,6-7,10-11H2,(H,19,22). The van der Waals surface area contributed by atoms with Gasteiger partial charge < -0.3 is 10.2 Å². The maximum absolute atomic E-state index is 12.4. The van der Waals surface area contributed by atoms with Crippen molar-refractivity contribution >= 4 is 17.5 Å². The van der Waals surface area contributed by atoms with Gasteiger partial charge in [0.05, 0.1) is 12.1 Å². The van der Waals surface area contributed by atoms with E-state index in [4.69, 9.17) is 0 Å². The lowest BCUT2D eigenvalue weighted by atomic mass is 10.0. The Hall–Kier alpha value is -2.62. The van der Waals surface area contributed by atoms with Gasteiger partial charge in [-0.25, -0.2) is 0 Å². The molecule has 0 saturated carbocycles. The summed E-state index contributed by atoms with van der Waals surface area (Å²) in [4.78, 5) is 26.1. The van der Waals surface area contributed by atoms with Crippen molar-refractivity contribution in [2.45, 2.75) is 19.4 Å². The molecule has 0 aliphatic carbocycles. The molecule has 0 radical (unpaired) electrons. The fraction of sp³-hybridized carbons (Fsp3) is 0.222. The Morgan fingerprint density at radius 3 is 2.73 bits per heavy atom. The second-order valence-electron chi connectivity index (χ2n) is 5.78. The number of carbonyl (C=O) groups excluding carboxylic acids is 2. The molecule has 2 heterocycles. The number of hydrogen-bond donors (Lipinski definition) is 1. The molecule has 4 nitrogen and oxygen atoms in total. The summed E-state index contributed by atoms with van der Waals surface area (Å²) in [6.07, 6.45) is 1.26. The van der Waals surface area contributed by atoms with Crippen molar-refractivity contribution in [2.24, 2.45) is 0 Å². The van der Waals surface area contributed by atoms with Crippen molar-refractivity contribution in [1.29, 1.82) is 0 Å². The Labute approximate surface area is 128 Å². The largest absolute Gasteiger partial charge is 0.348 e. The predicted octanol–water partition coefficient (Wildman–Crippen LogP) is 2.06.